The molecule has 352 valence electrons. The number of anilines is 2. The smallest absolute Gasteiger partial charge is 0.333 e. The molecule has 0 N–H and O–H groups in total. The third kappa shape index (κ3) is 5.31. The third-order valence-corrected chi connectivity index (χ3v) is 23.6. The zero-order valence-corrected chi connectivity index (χ0v) is 42.8. The Morgan fingerprint density at radius 2 is 1.01 bits per heavy atom. The van der Waals surface area contributed by atoms with Crippen LogP contribution in [0.3, 0.4) is 0 Å². The van der Waals surface area contributed by atoms with Crippen LogP contribution in [0.4, 0.5) is 11.4 Å². The third-order valence-electron chi connectivity index (χ3n) is 21.2. The zero-order chi connectivity index (χ0) is 47.1. The average Bonchev–Trinajstić information content (AvgIpc) is 4.08. The van der Waals surface area contributed by atoms with Crippen LogP contribution >= 0.6 is 22.7 Å². The van der Waals surface area contributed by atoms with Crippen molar-refractivity contribution in [3.63, 3.8) is 0 Å². The highest BCUT2D eigenvalue weighted by atomic mass is 32.1. The Morgan fingerprint density at radius 1 is 0.438 bits per heavy atom. The van der Waals surface area contributed by atoms with E-state index in [9.17, 15) is 0 Å². The van der Waals surface area contributed by atoms with Gasteiger partial charge in [-0.3, -0.25) is 0 Å². The molecule has 8 aliphatic carbocycles. The lowest BCUT2D eigenvalue weighted by atomic mass is 9.42. The molecule has 5 heteroatoms. The minimum absolute atomic E-state index is 0.0205. The van der Waals surface area contributed by atoms with Crippen LogP contribution in [-0.2, 0) is 10.8 Å². The van der Waals surface area contributed by atoms with Crippen LogP contribution in [0.5, 0.6) is 0 Å². The molecule has 0 amide bonds. The number of nitrogens with zero attached hydrogens (tertiary/aromatic N) is 2. The number of aromatic nitrogens is 1. The van der Waals surface area contributed by atoms with Crippen molar-refractivity contribution < 1.29 is 0 Å². The summed E-state index contributed by atoms with van der Waals surface area (Å²) < 4.78 is 8.36. The molecule has 0 saturated heterocycles. The van der Waals surface area contributed by atoms with Gasteiger partial charge in [0.15, 0.2) is 0 Å². The molecule has 8 aromatic carbocycles. The maximum absolute atomic E-state index is 2.84. The number of hydrogen-bond donors (Lipinski definition) is 0. The fourth-order valence-electron chi connectivity index (χ4n) is 19.2. The molecule has 10 aliphatic rings. The topological polar surface area (TPSA) is 8.17 Å². The van der Waals surface area contributed by atoms with Gasteiger partial charge < -0.3 is 9.38 Å². The van der Waals surface area contributed by atoms with Gasteiger partial charge >= 0.3 is 6.85 Å². The Balaban J connectivity index is 0.956. The Bertz CT molecular complexity index is 4180. The number of benzene rings is 8. The van der Waals surface area contributed by atoms with Crippen LogP contribution in [-0.4, -0.2) is 11.4 Å². The summed E-state index contributed by atoms with van der Waals surface area (Å²) in [5, 5.41) is 8.51. The van der Waals surface area contributed by atoms with Gasteiger partial charge in [-0.25, -0.2) is 0 Å². The van der Waals surface area contributed by atoms with E-state index in [0.717, 1.165) is 35.5 Å². The van der Waals surface area contributed by atoms with E-state index in [1.165, 1.54) is 189 Å². The fourth-order valence-corrected chi connectivity index (χ4v) is 21.6. The van der Waals surface area contributed by atoms with Gasteiger partial charge in [-0.2, -0.15) is 0 Å². The van der Waals surface area contributed by atoms with Gasteiger partial charge in [0, 0.05) is 79.3 Å². The monoisotopic (exact) mass is 974 g/mol. The molecule has 11 aromatic rings. The molecule has 73 heavy (non-hydrogen) atoms. The first-order valence-electron chi connectivity index (χ1n) is 28.0. The summed E-state index contributed by atoms with van der Waals surface area (Å²) in [6, 6.07) is 60.6. The van der Waals surface area contributed by atoms with Crippen LogP contribution < -0.4 is 15.7 Å². The van der Waals surface area contributed by atoms with Crippen LogP contribution in [0, 0.1) is 35.5 Å². The summed E-state index contributed by atoms with van der Waals surface area (Å²) in [5.41, 5.74) is 19.1. The molecule has 8 bridgehead atoms. The van der Waals surface area contributed by atoms with Crippen molar-refractivity contribution in [2.75, 3.05) is 4.81 Å². The first-order chi connectivity index (χ1) is 36.0. The van der Waals surface area contributed by atoms with Gasteiger partial charge in [-0.15, -0.1) is 22.7 Å². The summed E-state index contributed by atoms with van der Waals surface area (Å²) in [5.74, 6) is 5.37. The summed E-state index contributed by atoms with van der Waals surface area (Å²) in [6.45, 7) is -0.0205. The molecule has 8 saturated carbocycles. The molecule has 0 atom stereocenters. The minimum Gasteiger partial charge on any atom is -0.376 e. The molecule has 2 aliphatic heterocycles. The molecule has 2 nitrogen and oxygen atoms in total. The van der Waals surface area contributed by atoms with Crippen LogP contribution in [0.1, 0.15) is 88.2 Å². The summed E-state index contributed by atoms with van der Waals surface area (Å²) in [4.78, 5) is 2.83. The molecular formula is C68H55BN2S2. The molecule has 0 spiro atoms. The Hall–Kier alpha value is -6.14. The summed E-state index contributed by atoms with van der Waals surface area (Å²) in [7, 11) is 0. The highest BCUT2D eigenvalue weighted by Crippen LogP contribution is 2.63. The maximum Gasteiger partial charge on any atom is 0.333 e. The van der Waals surface area contributed by atoms with E-state index in [0.29, 0.717) is 5.41 Å². The first-order valence-corrected chi connectivity index (χ1v) is 29.6. The van der Waals surface area contributed by atoms with E-state index in [1.807, 2.05) is 22.7 Å². The van der Waals surface area contributed by atoms with Gasteiger partial charge in [-0.1, -0.05) is 91.0 Å². The van der Waals surface area contributed by atoms with E-state index in [4.69, 9.17) is 0 Å². The lowest BCUT2D eigenvalue weighted by Gasteiger charge is -2.57. The molecular weight excluding hydrogens is 920 g/mol. The van der Waals surface area contributed by atoms with Gasteiger partial charge in [0.2, 0.25) is 0 Å². The number of hydrogen-bond acceptors (Lipinski definition) is 3. The molecule has 21 rings (SSSR count). The lowest BCUT2D eigenvalue weighted by Crippen LogP contribution is -2.61. The van der Waals surface area contributed by atoms with Crippen molar-refractivity contribution in [1.82, 2.24) is 4.57 Å². The van der Waals surface area contributed by atoms with Crippen molar-refractivity contribution in [2.45, 2.75) is 87.9 Å². The van der Waals surface area contributed by atoms with Gasteiger partial charge in [0.05, 0.1) is 11.0 Å². The number of rotatable bonds is 4. The van der Waals surface area contributed by atoms with Crippen molar-refractivity contribution in [2.24, 2.45) is 35.5 Å². The largest absolute Gasteiger partial charge is 0.376 e. The minimum atomic E-state index is -0.0205. The second-order valence-electron chi connectivity index (χ2n) is 25.2. The second-order valence-corrected chi connectivity index (χ2v) is 27.4. The predicted octanol–water partition coefficient (Wildman–Crippen LogP) is 17.4. The van der Waals surface area contributed by atoms with Crippen molar-refractivity contribution in [3.05, 3.63) is 163 Å². The summed E-state index contributed by atoms with van der Waals surface area (Å²) in [6.07, 6.45) is 17.1. The standard InChI is InChI=1S/C68H55BN2S2/c1-2-8-44(9-3-1)45-14-17-48(18-15-45)71-58-29-52-49-10-4-6-12-60(49)72-62(52)31-55(58)63-64-59(30-54-50-11-5-7-13-61(50)73-66(54)63)70-57-19-16-46(67-32-38-20-39(33-67)22-40(21-38)34-67)26-51(57)53-27-47(28-56(65(53)70)69(64)71)68-35-41-23-42(36-68)25-43(24-41)37-68/h1-19,26-31,38-43H,20-25,32-37H2. The van der Waals surface area contributed by atoms with Crippen LogP contribution in [0.15, 0.2) is 152 Å². The van der Waals surface area contributed by atoms with E-state index in [-0.39, 0.29) is 12.3 Å². The SMILES string of the molecule is c1ccc(-c2ccc(N3B4c5c(cc6c(sc7ccccc76)c5-c5cc6sc7ccccc7c6cc53)-n3c5ccc(C67CC8CC(CC(C8)C6)C7)cc5c5cc(C67CC8CC(CC(C8)C6)C7)cc4c53)cc2)cc1. The highest BCUT2D eigenvalue weighted by Gasteiger charge is 2.54. The highest BCUT2D eigenvalue weighted by molar-refractivity contribution is 7.27. The van der Waals surface area contributed by atoms with Crippen molar-refractivity contribution >= 4 is 114 Å². The first kappa shape index (κ1) is 40.3. The normalized spacial score (nSPS) is 27.9. The molecule has 5 heterocycles. The number of thiophene rings is 2. The lowest BCUT2D eigenvalue weighted by molar-refractivity contribution is -0.00526. The van der Waals surface area contributed by atoms with Crippen LogP contribution in [0.25, 0.3) is 90.1 Å². The Labute approximate surface area is 434 Å². The number of fused-ring (bicyclic) bond motifs is 14. The van der Waals surface area contributed by atoms with E-state index >= 15 is 0 Å². The van der Waals surface area contributed by atoms with Gasteiger partial charge in [0.1, 0.15) is 0 Å². The van der Waals surface area contributed by atoms with Crippen molar-refractivity contribution in [3.8, 4) is 27.9 Å². The van der Waals surface area contributed by atoms with Gasteiger partial charge in [-0.05, 0) is 217 Å². The molecule has 3 aromatic heterocycles. The predicted molar refractivity (Wildman–Crippen MR) is 311 cm³/mol. The fraction of sp³-hybridized carbons (Fsp3) is 0.294. The second kappa shape index (κ2) is 14.0. The van der Waals surface area contributed by atoms with E-state index in [2.05, 4.69) is 161 Å². The van der Waals surface area contributed by atoms with Crippen LogP contribution in [0.2, 0.25) is 0 Å². The van der Waals surface area contributed by atoms with E-state index in [1.54, 1.807) is 11.1 Å². The van der Waals surface area contributed by atoms with E-state index < -0.39 is 0 Å². The van der Waals surface area contributed by atoms with Gasteiger partial charge in [0.25, 0.3) is 0 Å². The molecule has 0 unspecified atom stereocenters. The quantitative estimate of drug-likeness (QED) is 0.160. The Kier molecular flexibility index (Phi) is 7.71. The maximum atomic E-state index is 2.84. The molecule has 8 fully saturated rings. The summed E-state index contributed by atoms with van der Waals surface area (Å²) >= 11 is 3.98. The average molecular weight is 975 g/mol. The molecule has 0 radical (unpaired) electrons. The Morgan fingerprint density at radius 3 is 1.70 bits per heavy atom. The van der Waals surface area contributed by atoms with Crippen molar-refractivity contribution in [1.29, 1.82) is 0 Å². The zero-order valence-electron chi connectivity index (χ0n) is 41.2.